The highest BCUT2D eigenvalue weighted by molar-refractivity contribution is 5.50. The van der Waals surface area contributed by atoms with Crippen LogP contribution in [0.15, 0.2) is 6.20 Å². The van der Waals surface area contributed by atoms with Gasteiger partial charge in [-0.25, -0.2) is 13.8 Å². The van der Waals surface area contributed by atoms with E-state index in [1.165, 1.54) is 0 Å². The van der Waals surface area contributed by atoms with Crippen LogP contribution in [0.5, 0.6) is 5.75 Å². The summed E-state index contributed by atoms with van der Waals surface area (Å²) in [5, 5.41) is 0. The van der Waals surface area contributed by atoms with Crippen molar-refractivity contribution in [2.75, 3.05) is 5.73 Å². The van der Waals surface area contributed by atoms with Crippen LogP contribution in [-0.4, -0.2) is 11.3 Å². The predicted molar refractivity (Wildman–Crippen MR) is 45.0 cm³/mol. The largest absolute Gasteiger partial charge is 0.573 e. The Balaban J connectivity index is 3.24. The molecule has 3 nitrogen and oxygen atoms in total. The molecule has 90 valence electrons. The maximum Gasteiger partial charge on any atom is 0.573 e. The second-order valence-electron chi connectivity index (χ2n) is 2.89. The van der Waals surface area contributed by atoms with E-state index in [9.17, 15) is 22.0 Å². The topological polar surface area (TPSA) is 48.1 Å². The number of hydrogen-bond acceptors (Lipinski definition) is 3. The lowest BCUT2D eigenvalue weighted by atomic mass is 10.1. The van der Waals surface area contributed by atoms with Crippen LogP contribution < -0.4 is 10.5 Å². The van der Waals surface area contributed by atoms with Crippen molar-refractivity contribution in [3.63, 3.8) is 0 Å². The lowest BCUT2D eigenvalue weighted by Gasteiger charge is -2.15. The minimum atomic E-state index is -5.05. The van der Waals surface area contributed by atoms with Gasteiger partial charge in [-0.3, -0.25) is 0 Å². The molecular weight excluding hydrogens is 235 g/mol. The molecule has 16 heavy (non-hydrogen) atoms. The molecule has 0 aromatic carbocycles. The van der Waals surface area contributed by atoms with Crippen LogP contribution in [0.4, 0.5) is 27.8 Å². The van der Waals surface area contributed by atoms with Crippen molar-refractivity contribution in [1.82, 2.24) is 4.98 Å². The van der Waals surface area contributed by atoms with E-state index in [0.29, 0.717) is 6.20 Å². The summed E-state index contributed by atoms with van der Waals surface area (Å²) < 4.78 is 64.1. The van der Waals surface area contributed by atoms with E-state index in [1.807, 2.05) is 0 Å². The van der Waals surface area contributed by atoms with E-state index in [-0.39, 0.29) is 11.4 Å². The first kappa shape index (κ1) is 12.5. The van der Waals surface area contributed by atoms with E-state index in [0.717, 1.165) is 6.92 Å². The van der Waals surface area contributed by atoms with Crippen molar-refractivity contribution in [1.29, 1.82) is 0 Å². The summed E-state index contributed by atoms with van der Waals surface area (Å²) in [6.45, 7) is 1.15. The third-order valence-electron chi connectivity index (χ3n) is 1.82. The molecule has 0 amide bonds. The van der Waals surface area contributed by atoms with Crippen molar-refractivity contribution in [3.05, 3.63) is 17.3 Å². The minimum Gasteiger partial charge on any atom is -0.404 e. The van der Waals surface area contributed by atoms with Crippen LogP contribution >= 0.6 is 0 Å². The lowest BCUT2D eigenvalue weighted by molar-refractivity contribution is -0.275. The van der Waals surface area contributed by atoms with E-state index >= 15 is 0 Å². The zero-order valence-electron chi connectivity index (χ0n) is 7.98. The van der Waals surface area contributed by atoms with Gasteiger partial charge >= 0.3 is 6.36 Å². The number of nitrogens with two attached hydrogens (primary N) is 1. The van der Waals surface area contributed by atoms with Gasteiger partial charge in [-0.1, -0.05) is 0 Å². The molecule has 0 unspecified atom stereocenters. The van der Waals surface area contributed by atoms with E-state index in [1.54, 1.807) is 0 Å². The Bertz CT molecular complexity index is 391. The fourth-order valence-electron chi connectivity index (χ4n) is 1.09. The molecule has 2 N–H and O–H groups in total. The minimum absolute atomic E-state index is 0.225. The molecule has 0 saturated carbocycles. The second-order valence-corrected chi connectivity index (χ2v) is 2.89. The molecule has 1 aromatic heterocycles. The Morgan fingerprint density at radius 1 is 1.38 bits per heavy atom. The third-order valence-corrected chi connectivity index (χ3v) is 1.82. The van der Waals surface area contributed by atoms with Crippen molar-refractivity contribution < 1.29 is 26.7 Å². The fourth-order valence-corrected chi connectivity index (χ4v) is 1.09. The summed E-state index contributed by atoms with van der Waals surface area (Å²) in [4.78, 5) is 3.33. The standard InChI is InChI=1S/C8H7F5N2O/c1-3-5(6(9)10)4(2-15-7(3)14)16-8(11,12)13/h2,6H,1H3,(H2,14,15). The monoisotopic (exact) mass is 242 g/mol. The Morgan fingerprint density at radius 3 is 2.38 bits per heavy atom. The lowest BCUT2D eigenvalue weighted by Crippen LogP contribution is -2.19. The highest BCUT2D eigenvalue weighted by atomic mass is 19.4. The van der Waals surface area contributed by atoms with Gasteiger partial charge in [0, 0.05) is 5.56 Å². The Morgan fingerprint density at radius 2 is 1.94 bits per heavy atom. The molecule has 8 heteroatoms. The van der Waals surface area contributed by atoms with Crippen molar-refractivity contribution in [2.45, 2.75) is 19.7 Å². The summed E-state index contributed by atoms with van der Waals surface area (Å²) >= 11 is 0. The molecule has 1 heterocycles. The number of hydrogen-bond donors (Lipinski definition) is 1. The van der Waals surface area contributed by atoms with Crippen LogP contribution in [0.25, 0.3) is 0 Å². The van der Waals surface area contributed by atoms with Crippen molar-refractivity contribution >= 4 is 5.82 Å². The van der Waals surface area contributed by atoms with E-state index in [2.05, 4.69) is 9.72 Å². The third kappa shape index (κ3) is 2.71. The molecule has 0 radical (unpaired) electrons. The second kappa shape index (κ2) is 4.11. The van der Waals surface area contributed by atoms with Gasteiger partial charge in [0.2, 0.25) is 0 Å². The molecule has 0 saturated heterocycles. The quantitative estimate of drug-likeness (QED) is 0.811. The number of pyridine rings is 1. The highest BCUT2D eigenvalue weighted by Crippen LogP contribution is 2.36. The summed E-state index contributed by atoms with van der Waals surface area (Å²) in [6.07, 6.45) is -7.65. The van der Waals surface area contributed by atoms with Crippen molar-refractivity contribution in [3.8, 4) is 5.75 Å². The Hall–Kier alpha value is -1.60. The molecule has 0 aliphatic rings. The fraction of sp³-hybridized carbons (Fsp3) is 0.375. The number of rotatable bonds is 2. The number of ether oxygens (including phenoxy) is 1. The molecule has 0 fully saturated rings. The molecule has 1 aromatic rings. The van der Waals surface area contributed by atoms with E-state index in [4.69, 9.17) is 5.73 Å². The van der Waals surface area contributed by atoms with Gasteiger partial charge in [0.25, 0.3) is 6.43 Å². The number of nitrogens with zero attached hydrogens (tertiary/aromatic N) is 1. The Labute approximate surface area is 87.0 Å². The number of anilines is 1. The zero-order chi connectivity index (χ0) is 12.5. The van der Waals surface area contributed by atoms with Crippen LogP contribution in [0.3, 0.4) is 0 Å². The summed E-state index contributed by atoms with van der Waals surface area (Å²) in [5.74, 6) is -1.29. The number of aromatic nitrogens is 1. The van der Waals surface area contributed by atoms with Gasteiger partial charge in [0.1, 0.15) is 5.82 Å². The first-order valence-electron chi connectivity index (χ1n) is 4.01. The van der Waals surface area contributed by atoms with Gasteiger partial charge in [0.15, 0.2) is 5.75 Å². The molecule has 1 rings (SSSR count). The van der Waals surface area contributed by atoms with Crippen LogP contribution in [0.1, 0.15) is 17.6 Å². The summed E-state index contributed by atoms with van der Waals surface area (Å²) in [6, 6.07) is 0. The van der Waals surface area contributed by atoms with Crippen LogP contribution in [-0.2, 0) is 0 Å². The first-order chi connectivity index (χ1) is 7.22. The summed E-state index contributed by atoms with van der Waals surface area (Å²) in [7, 11) is 0. The van der Waals surface area contributed by atoms with Crippen LogP contribution in [0.2, 0.25) is 0 Å². The van der Waals surface area contributed by atoms with Gasteiger partial charge in [-0.2, -0.15) is 0 Å². The van der Waals surface area contributed by atoms with Gasteiger partial charge in [-0.05, 0) is 6.92 Å². The molecule has 0 spiro atoms. The van der Waals surface area contributed by atoms with E-state index < -0.39 is 24.1 Å². The maximum absolute atomic E-state index is 12.5. The predicted octanol–water partition coefficient (Wildman–Crippen LogP) is 2.81. The SMILES string of the molecule is Cc1c(N)ncc(OC(F)(F)F)c1C(F)F. The van der Waals surface area contributed by atoms with Gasteiger partial charge in [-0.15, -0.1) is 13.2 Å². The summed E-state index contributed by atoms with van der Waals surface area (Å²) in [5.41, 5.74) is 4.09. The molecule has 0 aliphatic carbocycles. The average molecular weight is 242 g/mol. The van der Waals surface area contributed by atoms with Crippen molar-refractivity contribution in [2.24, 2.45) is 0 Å². The highest BCUT2D eigenvalue weighted by Gasteiger charge is 2.34. The number of halogens is 5. The molecule has 0 atom stereocenters. The molecule has 0 aliphatic heterocycles. The number of nitrogen functional groups attached to an aromatic ring is 1. The van der Waals surface area contributed by atoms with Crippen LogP contribution in [0, 0.1) is 6.92 Å². The normalized spacial score (nSPS) is 11.9. The van der Waals surface area contributed by atoms with Gasteiger partial charge in [0.05, 0.1) is 11.8 Å². The maximum atomic E-state index is 12.5. The first-order valence-corrected chi connectivity index (χ1v) is 4.01. The average Bonchev–Trinajstić information content (AvgIpc) is 2.08. The zero-order valence-corrected chi connectivity index (χ0v) is 7.98. The Kier molecular flexibility index (Phi) is 3.20. The van der Waals surface area contributed by atoms with Gasteiger partial charge < -0.3 is 10.5 Å². The molecule has 0 bridgehead atoms. The smallest absolute Gasteiger partial charge is 0.404 e. The molecular formula is C8H7F5N2O. The number of alkyl halides is 5.